The number of carbonyl (C=O) groups excluding carboxylic acids is 2. The summed E-state index contributed by atoms with van der Waals surface area (Å²) in [6, 6.07) is 14.3. The lowest BCUT2D eigenvalue weighted by molar-refractivity contribution is -0.134. The molecule has 126 valence electrons. The van der Waals surface area contributed by atoms with Gasteiger partial charge in [-0.05, 0) is 48.4 Å². The van der Waals surface area contributed by atoms with Crippen LogP contribution in [0.25, 0.3) is 0 Å². The molecular formula is C19H21NO4. The van der Waals surface area contributed by atoms with Gasteiger partial charge in [0.2, 0.25) is 0 Å². The molecule has 0 bridgehead atoms. The molecule has 2 aromatic rings. The van der Waals surface area contributed by atoms with Gasteiger partial charge in [-0.25, -0.2) is 4.79 Å². The number of benzene rings is 2. The van der Waals surface area contributed by atoms with E-state index < -0.39 is 5.97 Å². The molecule has 0 aliphatic heterocycles. The Balaban J connectivity index is 1.85. The number of nitrogens with zero attached hydrogens (tertiary/aromatic N) is 1. The Morgan fingerprint density at radius 1 is 0.958 bits per heavy atom. The van der Waals surface area contributed by atoms with Crippen LogP contribution in [0.4, 0.5) is 5.69 Å². The summed E-state index contributed by atoms with van der Waals surface area (Å²) >= 11 is 0. The van der Waals surface area contributed by atoms with Crippen molar-refractivity contribution in [2.24, 2.45) is 0 Å². The number of esters is 2. The van der Waals surface area contributed by atoms with Gasteiger partial charge in [-0.2, -0.15) is 0 Å². The quantitative estimate of drug-likeness (QED) is 0.603. The van der Waals surface area contributed by atoms with Gasteiger partial charge in [-0.3, -0.25) is 4.79 Å². The van der Waals surface area contributed by atoms with E-state index in [9.17, 15) is 9.59 Å². The zero-order valence-corrected chi connectivity index (χ0v) is 14.1. The third-order valence-corrected chi connectivity index (χ3v) is 3.58. The van der Waals surface area contributed by atoms with Gasteiger partial charge in [0.05, 0.1) is 12.7 Å². The number of methoxy groups -OCH3 is 1. The first-order chi connectivity index (χ1) is 11.5. The molecule has 2 rings (SSSR count). The molecule has 0 aliphatic carbocycles. The first-order valence-corrected chi connectivity index (χ1v) is 7.65. The summed E-state index contributed by atoms with van der Waals surface area (Å²) in [5.41, 5.74) is 2.61. The average Bonchev–Trinajstić information content (AvgIpc) is 2.60. The highest BCUT2D eigenvalue weighted by Crippen LogP contribution is 2.16. The SMILES string of the molecule is COC(=O)c1ccc(OC(=O)CCc2ccc(N(C)C)cc2)cc1. The van der Waals surface area contributed by atoms with Gasteiger partial charge in [0, 0.05) is 26.2 Å². The van der Waals surface area contributed by atoms with Crippen molar-refractivity contribution in [2.75, 3.05) is 26.1 Å². The molecule has 24 heavy (non-hydrogen) atoms. The molecule has 0 fully saturated rings. The number of hydrogen-bond acceptors (Lipinski definition) is 5. The molecule has 0 radical (unpaired) electrons. The number of carbonyl (C=O) groups is 2. The van der Waals surface area contributed by atoms with Crippen molar-refractivity contribution in [1.29, 1.82) is 0 Å². The van der Waals surface area contributed by atoms with Crippen molar-refractivity contribution < 1.29 is 19.1 Å². The van der Waals surface area contributed by atoms with Gasteiger partial charge in [0.15, 0.2) is 0 Å². The molecule has 0 unspecified atom stereocenters. The summed E-state index contributed by atoms with van der Waals surface area (Å²) in [7, 11) is 5.29. The second-order valence-electron chi connectivity index (χ2n) is 5.55. The van der Waals surface area contributed by atoms with Gasteiger partial charge in [-0.15, -0.1) is 0 Å². The molecule has 2 aromatic carbocycles. The Morgan fingerprint density at radius 2 is 1.58 bits per heavy atom. The van der Waals surface area contributed by atoms with Gasteiger partial charge in [0.1, 0.15) is 5.75 Å². The molecule has 0 aromatic heterocycles. The highest BCUT2D eigenvalue weighted by molar-refractivity contribution is 5.89. The molecule has 0 aliphatic rings. The maximum atomic E-state index is 11.9. The summed E-state index contributed by atoms with van der Waals surface area (Å²) in [5, 5.41) is 0. The van der Waals surface area contributed by atoms with E-state index in [0.29, 0.717) is 24.2 Å². The van der Waals surface area contributed by atoms with Crippen LogP contribution in [0, 0.1) is 0 Å². The van der Waals surface area contributed by atoms with Crippen LogP contribution in [-0.4, -0.2) is 33.1 Å². The molecule has 0 saturated heterocycles. The predicted octanol–water partition coefficient (Wildman–Crippen LogP) is 3.08. The van der Waals surface area contributed by atoms with E-state index in [1.54, 1.807) is 24.3 Å². The topological polar surface area (TPSA) is 55.8 Å². The highest BCUT2D eigenvalue weighted by Gasteiger charge is 2.08. The van der Waals surface area contributed by atoms with Crippen molar-refractivity contribution >= 4 is 17.6 Å². The van der Waals surface area contributed by atoms with Crippen molar-refractivity contribution in [3.8, 4) is 5.75 Å². The molecule has 5 heteroatoms. The summed E-state index contributed by atoms with van der Waals surface area (Å²) in [5.74, 6) is -0.317. The molecule has 0 spiro atoms. The maximum Gasteiger partial charge on any atom is 0.337 e. The summed E-state index contributed by atoms with van der Waals surface area (Å²) in [6.07, 6.45) is 0.910. The molecule has 5 nitrogen and oxygen atoms in total. The number of rotatable bonds is 6. The number of aryl methyl sites for hydroxylation is 1. The Hall–Kier alpha value is -2.82. The monoisotopic (exact) mass is 327 g/mol. The van der Waals surface area contributed by atoms with Crippen molar-refractivity contribution in [1.82, 2.24) is 0 Å². The largest absolute Gasteiger partial charge is 0.465 e. The van der Waals surface area contributed by atoms with Crippen LogP contribution in [0.15, 0.2) is 48.5 Å². The van der Waals surface area contributed by atoms with Crippen LogP contribution < -0.4 is 9.64 Å². The zero-order valence-electron chi connectivity index (χ0n) is 14.1. The zero-order chi connectivity index (χ0) is 17.5. The minimum absolute atomic E-state index is 0.292. The lowest BCUT2D eigenvalue weighted by Gasteiger charge is -2.12. The number of ether oxygens (including phenoxy) is 2. The van der Waals surface area contributed by atoms with E-state index in [1.165, 1.54) is 7.11 Å². The lowest BCUT2D eigenvalue weighted by atomic mass is 10.1. The summed E-state index contributed by atoms with van der Waals surface area (Å²) in [4.78, 5) is 25.3. The Labute approximate surface area is 141 Å². The minimum Gasteiger partial charge on any atom is -0.465 e. The Morgan fingerprint density at radius 3 is 2.12 bits per heavy atom. The summed E-state index contributed by atoms with van der Waals surface area (Å²) < 4.78 is 9.89. The minimum atomic E-state index is -0.422. The van der Waals surface area contributed by atoms with E-state index in [0.717, 1.165) is 11.3 Å². The highest BCUT2D eigenvalue weighted by atomic mass is 16.5. The van der Waals surface area contributed by atoms with E-state index in [-0.39, 0.29) is 5.97 Å². The van der Waals surface area contributed by atoms with Crippen LogP contribution in [0.1, 0.15) is 22.3 Å². The van der Waals surface area contributed by atoms with Crippen LogP contribution >= 0.6 is 0 Å². The third-order valence-electron chi connectivity index (χ3n) is 3.58. The van der Waals surface area contributed by atoms with Gasteiger partial charge in [0.25, 0.3) is 0 Å². The molecule has 0 heterocycles. The number of hydrogen-bond donors (Lipinski definition) is 0. The molecule has 0 N–H and O–H groups in total. The second kappa shape index (κ2) is 8.15. The normalized spacial score (nSPS) is 10.1. The van der Waals surface area contributed by atoms with Crippen LogP contribution in [-0.2, 0) is 16.0 Å². The fourth-order valence-electron chi connectivity index (χ4n) is 2.17. The van der Waals surface area contributed by atoms with Gasteiger partial charge in [-0.1, -0.05) is 12.1 Å². The fraction of sp³-hybridized carbons (Fsp3) is 0.263. The second-order valence-corrected chi connectivity index (χ2v) is 5.55. The molecular weight excluding hydrogens is 306 g/mol. The van der Waals surface area contributed by atoms with E-state index in [1.807, 2.05) is 43.3 Å². The standard InChI is InChI=1S/C19H21NO4/c1-20(2)16-9-4-14(5-10-16)6-13-18(21)24-17-11-7-15(8-12-17)19(22)23-3/h4-5,7-12H,6,13H2,1-3H3. The predicted molar refractivity (Wildman–Crippen MR) is 92.5 cm³/mol. The molecule has 0 amide bonds. The Kier molecular flexibility index (Phi) is 5.95. The van der Waals surface area contributed by atoms with Crippen molar-refractivity contribution in [3.63, 3.8) is 0 Å². The summed E-state index contributed by atoms with van der Waals surface area (Å²) in [6.45, 7) is 0. The van der Waals surface area contributed by atoms with E-state index in [2.05, 4.69) is 4.74 Å². The molecule has 0 saturated carbocycles. The smallest absolute Gasteiger partial charge is 0.337 e. The van der Waals surface area contributed by atoms with Crippen LogP contribution in [0.5, 0.6) is 5.75 Å². The fourth-order valence-corrected chi connectivity index (χ4v) is 2.17. The maximum absolute atomic E-state index is 11.9. The van der Waals surface area contributed by atoms with Gasteiger partial charge < -0.3 is 14.4 Å². The first kappa shape index (κ1) is 17.5. The van der Waals surface area contributed by atoms with E-state index >= 15 is 0 Å². The van der Waals surface area contributed by atoms with Gasteiger partial charge >= 0.3 is 11.9 Å². The third kappa shape index (κ3) is 4.84. The van der Waals surface area contributed by atoms with Crippen molar-refractivity contribution in [3.05, 3.63) is 59.7 Å². The lowest BCUT2D eigenvalue weighted by Crippen LogP contribution is -2.10. The first-order valence-electron chi connectivity index (χ1n) is 7.65. The number of anilines is 1. The van der Waals surface area contributed by atoms with E-state index in [4.69, 9.17) is 4.74 Å². The molecule has 0 atom stereocenters. The average molecular weight is 327 g/mol. The Bertz CT molecular complexity index is 690. The van der Waals surface area contributed by atoms with Crippen LogP contribution in [0.3, 0.4) is 0 Å². The van der Waals surface area contributed by atoms with Crippen LogP contribution in [0.2, 0.25) is 0 Å². The van der Waals surface area contributed by atoms with Crippen molar-refractivity contribution in [2.45, 2.75) is 12.8 Å².